The van der Waals surface area contributed by atoms with E-state index in [1.807, 2.05) is 6.92 Å². The van der Waals surface area contributed by atoms with E-state index in [9.17, 15) is 21.6 Å². The van der Waals surface area contributed by atoms with Gasteiger partial charge in [-0.05, 0) is 13.3 Å². The van der Waals surface area contributed by atoms with Crippen molar-refractivity contribution in [1.29, 1.82) is 0 Å². The number of ether oxygens (including phenoxy) is 1. The first-order chi connectivity index (χ1) is 11.2. The number of amides is 1. The minimum Gasteiger partial charge on any atom is -0.450 e. The fraction of sp³-hybridized carbons (Fsp3) is 0.923. The minimum atomic E-state index is -3.56. The molecule has 0 aromatic heterocycles. The van der Waals surface area contributed by atoms with Crippen LogP contribution in [0.25, 0.3) is 0 Å². The van der Waals surface area contributed by atoms with E-state index in [-0.39, 0.29) is 50.8 Å². The highest BCUT2D eigenvalue weighted by Crippen LogP contribution is 2.09. The second-order valence-corrected chi connectivity index (χ2v) is 9.48. The van der Waals surface area contributed by atoms with Crippen LogP contribution in [0.1, 0.15) is 26.7 Å². The molecule has 1 aliphatic rings. The molecule has 1 heterocycles. The summed E-state index contributed by atoms with van der Waals surface area (Å²) in [5.41, 5.74) is 0. The Hall–Kier alpha value is -0.910. The molecule has 9 nitrogen and oxygen atoms in total. The summed E-state index contributed by atoms with van der Waals surface area (Å²) >= 11 is 0. The van der Waals surface area contributed by atoms with Crippen LogP contribution in [0.4, 0.5) is 4.79 Å². The molecule has 1 N–H and O–H groups in total. The highest BCUT2D eigenvalue weighted by Gasteiger charge is 2.29. The number of nitrogens with one attached hydrogen (secondary N) is 1. The number of nitrogens with zero attached hydrogens (tertiary/aromatic N) is 2. The third-order valence-electron chi connectivity index (χ3n) is 3.61. The van der Waals surface area contributed by atoms with Crippen molar-refractivity contribution in [3.8, 4) is 0 Å². The molecule has 0 spiro atoms. The van der Waals surface area contributed by atoms with Crippen molar-refractivity contribution in [1.82, 2.24) is 13.9 Å². The van der Waals surface area contributed by atoms with Crippen LogP contribution in [-0.2, 0) is 24.8 Å². The molecule has 1 fully saturated rings. The Bertz CT molecular complexity index is 597. The zero-order chi connectivity index (χ0) is 18.2. The Labute approximate surface area is 144 Å². The first-order valence-corrected chi connectivity index (χ1v) is 11.3. The van der Waals surface area contributed by atoms with Crippen LogP contribution in [0.3, 0.4) is 0 Å². The molecule has 24 heavy (non-hydrogen) atoms. The first kappa shape index (κ1) is 21.1. The molecule has 0 atom stereocenters. The monoisotopic (exact) mass is 385 g/mol. The van der Waals surface area contributed by atoms with E-state index in [0.717, 1.165) is 6.42 Å². The number of carbonyl (C=O) groups excluding carboxylic acids is 1. The van der Waals surface area contributed by atoms with Gasteiger partial charge < -0.3 is 9.64 Å². The molecule has 0 aliphatic carbocycles. The fourth-order valence-corrected chi connectivity index (χ4v) is 4.92. The quantitative estimate of drug-likeness (QED) is 0.589. The zero-order valence-electron chi connectivity index (χ0n) is 14.2. The summed E-state index contributed by atoms with van der Waals surface area (Å²) in [4.78, 5) is 13.0. The van der Waals surface area contributed by atoms with Gasteiger partial charge in [0.2, 0.25) is 20.0 Å². The van der Waals surface area contributed by atoms with Crippen molar-refractivity contribution in [3.05, 3.63) is 0 Å². The van der Waals surface area contributed by atoms with Crippen molar-refractivity contribution >= 4 is 26.1 Å². The van der Waals surface area contributed by atoms with Crippen molar-refractivity contribution < 1.29 is 26.4 Å². The van der Waals surface area contributed by atoms with Gasteiger partial charge in [0.25, 0.3) is 0 Å². The van der Waals surface area contributed by atoms with E-state index < -0.39 is 26.1 Å². The average Bonchev–Trinajstić information content (AvgIpc) is 2.53. The molecule has 1 saturated heterocycles. The average molecular weight is 386 g/mol. The van der Waals surface area contributed by atoms with E-state index in [4.69, 9.17) is 4.74 Å². The van der Waals surface area contributed by atoms with Crippen molar-refractivity contribution in [2.45, 2.75) is 26.7 Å². The lowest BCUT2D eigenvalue weighted by Crippen LogP contribution is -2.51. The first-order valence-electron chi connectivity index (χ1n) is 8.08. The summed E-state index contributed by atoms with van der Waals surface area (Å²) in [5, 5.41) is 0. The van der Waals surface area contributed by atoms with Crippen LogP contribution in [0.2, 0.25) is 0 Å². The Morgan fingerprint density at radius 1 is 1.04 bits per heavy atom. The van der Waals surface area contributed by atoms with E-state index >= 15 is 0 Å². The normalized spacial score (nSPS) is 17.0. The maximum atomic E-state index is 12.2. The smallest absolute Gasteiger partial charge is 0.409 e. The number of sulfonamides is 2. The van der Waals surface area contributed by atoms with Gasteiger partial charge in [0, 0.05) is 32.7 Å². The second kappa shape index (κ2) is 9.54. The molecule has 0 unspecified atom stereocenters. The zero-order valence-corrected chi connectivity index (χ0v) is 15.9. The van der Waals surface area contributed by atoms with Gasteiger partial charge in [0.05, 0.1) is 18.1 Å². The van der Waals surface area contributed by atoms with Crippen LogP contribution >= 0.6 is 0 Å². The molecule has 0 radical (unpaired) electrons. The number of rotatable bonds is 9. The van der Waals surface area contributed by atoms with E-state index in [2.05, 4.69) is 4.72 Å². The number of hydrogen-bond donors (Lipinski definition) is 1. The molecule has 142 valence electrons. The summed E-state index contributed by atoms with van der Waals surface area (Å²) in [6.07, 6.45) is 0.847. The summed E-state index contributed by atoms with van der Waals surface area (Å²) < 4.78 is 56.3. The van der Waals surface area contributed by atoms with Gasteiger partial charge in [-0.3, -0.25) is 0 Å². The third-order valence-corrected chi connectivity index (χ3v) is 6.95. The Morgan fingerprint density at radius 3 is 2.21 bits per heavy atom. The lowest BCUT2D eigenvalue weighted by Gasteiger charge is -2.33. The molecule has 1 rings (SSSR count). The molecule has 1 amide bonds. The summed E-state index contributed by atoms with van der Waals surface area (Å²) in [7, 11) is -6.99. The maximum absolute atomic E-state index is 12.2. The highest BCUT2D eigenvalue weighted by atomic mass is 32.2. The maximum Gasteiger partial charge on any atom is 0.409 e. The Morgan fingerprint density at radius 2 is 1.67 bits per heavy atom. The minimum absolute atomic E-state index is 0.00175. The van der Waals surface area contributed by atoms with Gasteiger partial charge in [-0.2, -0.15) is 4.31 Å². The van der Waals surface area contributed by atoms with E-state index in [1.54, 1.807) is 6.92 Å². The molecule has 0 saturated carbocycles. The van der Waals surface area contributed by atoms with Gasteiger partial charge in [0.1, 0.15) is 0 Å². The summed E-state index contributed by atoms with van der Waals surface area (Å²) in [6, 6.07) is 0. The van der Waals surface area contributed by atoms with Gasteiger partial charge in [-0.15, -0.1) is 0 Å². The predicted octanol–water partition coefficient (Wildman–Crippen LogP) is -0.190. The highest BCUT2D eigenvalue weighted by molar-refractivity contribution is 7.90. The van der Waals surface area contributed by atoms with E-state index in [0.29, 0.717) is 6.42 Å². The Kier molecular flexibility index (Phi) is 8.40. The van der Waals surface area contributed by atoms with Crippen LogP contribution in [0, 0.1) is 0 Å². The van der Waals surface area contributed by atoms with Gasteiger partial charge >= 0.3 is 6.09 Å². The van der Waals surface area contributed by atoms with E-state index in [1.165, 1.54) is 9.21 Å². The summed E-state index contributed by atoms with van der Waals surface area (Å²) in [5.74, 6) is -0.292. The number of carbonyl (C=O) groups is 1. The molecule has 0 bridgehead atoms. The fourth-order valence-electron chi connectivity index (χ4n) is 2.23. The molecule has 11 heteroatoms. The lowest BCUT2D eigenvalue weighted by molar-refractivity contribution is 0.0934. The van der Waals surface area contributed by atoms with Crippen molar-refractivity contribution in [2.24, 2.45) is 0 Å². The van der Waals surface area contributed by atoms with Crippen molar-refractivity contribution in [2.75, 3.05) is 50.8 Å². The van der Waals surface area contributed by atoms with Crippen LogP contribution in [-0.4, -0.2) is 83.0 Å². The number of piperazine rings is 1. The topological polar surface area (TPSA) is 113 Å². The van der Waals surface area contributed by atoms with Crippen LogP contribution in [0.15, 0.2) is 0 Å². The number of hydrogen-bond acceptors (Lipinski definition) is 6. The van der Waals surface area contributed by atoms with Gasteiger partial charge in [-0.25, -0.2) is 26.4 Å². The number of unbranched alkanes of at least 4 members (excludes halogenated alkanes) is 1. The van der Waals surface area contributed by atoms with Gasteiger partial charge in [0.15, 0.2) is 0 Å². The SMILES string of the molecule is CCCCS(=O)(=O)NCCS(=O)(=O)N1CCN(C(=O)OCC)CC1. The second-order valence-electron chi connectivity index (χ2n) is 5.47. The molecular weight excluding hydrogens is 358 g/mol. The molecule has 0 aromatic rings. The largest absolute Gasteiger partial charge is 0.450 e. The van der Waals surface area contributed by atoms with Crippen molar-refractivity contribution in [3.63, 3.8) is 0 Å². The third kappa shape index (κ3) is 6.91. The van der Waals surface area contributed by atoms with Gasteiger partial charge in [-0.1, -0.05) is 13.3 Å². The predicted molar refractivity (Wildman–Crippen MR) is 90.7 cm³/mol. The van der Waals surface area contributed by atoms with Crippen LogP contribution < -0.4 is 4.72 Å². The summed E-state index contributed by atoms with van der Waals surface area (Å²) in [6.45, 7) is 4.62. The van der Waals surface area contributed by atoms with Crippen LogP contribution in [0.5, 0.6) is 0 Å². The molecule has 1 aliphatic heterocycles. The Balaban J connectivity index is 2.43. The standard InChI is InChI=1S/C13H27N3O6S2/c1-3-5-11-23(18,19)14-6-12-24(20,21)16-9-7-15(8-10-16)13(17)22-4-2/h14H,3-12H2,1-2H3. The molecule has 0 aromatic carbocycles. The lowest BCUT2D eigenvalue weighted by atomic mass is 10.4. The molecular formula is C13H27N3O6S2.